The van der Waals surface area contributed by atoms with Gasteiger partial charge in [-0.1, -0.05) is 6.07 Å². The van der Waals surface area contributed by atoms with Gasteiger partial charge < -0.3 is 9.88 Å². The zero-order valence-corrected chi connectivity index (χ0v) is 7.36. The molecule has 3 heterocycles. The van der Waals surface area contributed by atoms with E-state index < -0.39 is 0 Å². The molecule has 0 radical (unpaired) electrons. The molecular weight excluding hydrogens is 164 g/mol. The second-order valence-corrected chi connectivity index (χ2v) is 3.96. The van der Waals surface area contributed by atoms with E-state index in [1.807, 2.05) is 10.6 Å². The Hall–Kier alpha value is -1.09. The van der Waals surface area contributed by atoms with Crippen LogP contribution in [0.3, 0.4) is 0 Å². The molecule has 3 nitrogen and oxygen atoms in total. The molecule has 1 N–H and O–H groups in total. The topological polar surface area (TPSA) is 34.0 Å². The van der Waals surface area contributed by atoms with Crippen LogP contribution in [-0.2, 0) is 6.54 Å². The van der Waals surface area contributed by atoms with Crippen molar-refractivity contribution >= 4 is 0 Å². The van der Waals surface area contributed by atoms with E-state index in [1.54, 1.807) is 6.07 Å². The van der Waals surface area contributed by atoms with Gasteiger partial charge in [-0.05, 0) is 18.4 Å². The quantitative estimate of drug-likeness (QED) is 0.625. The van der Waals surface area contributed by atoms with Gasteiger partial charge in [-0.3, -0.25) is 4.79 Å². The smallest absolute Gasteiger partial charge is 0.250 e. The van der Waals surface area contributed by atoms with Crippen molar-refractivity contribution in [2.24, 2.45) is 5.92 Å². The monoisotopic (exact) mass is 176 g/mol. The van der Waals surface area contributed by atoms with Crippen LogP contribution in [0.4, 0.5) is 0 Å². The summed E-state index contributed by atoms with van der Waals surface area (Å²) >= 11 is 0. The second kappa shape index (κ2) is 2.45. The fourth-order valence-electron chi connectivity index (χ4n) is 2.47. The number of rotatable bonds is 0. The summed E-state index contributed by atoms with van der Waals surface area (Å²) in [5.41, 5.74) is 1.32. The Morgan fingerprint density at radius 1 is 1.46 bits per heavy atom. The summed E-state index contributed by atoms with van der Waals surface area (Å²) in [7, 11) is 0. The van der Waals surface area contributed by atoms with Crippen molar-refractivity contribution in [3.05, 3.63) is 34.2 Å². The molecule has 0 amide bonds. The van der Waals surface area contributed by atoms with E-state index in [2.05, 4.69) is 11.4 Å². The highest BCUT2D eigenvalue weighted by atomic mass is 16.1. The number of pyridine rings is 1. The maximum absolute atomic E-state index is 11.5. The summed E-state index contributed by atoms with van der Waals surface area (Å²) in [6, 6.07) is 5.98. The summed E-state index contributed by atoms with van der Waals surface area (Å²) < 4.78 is 1.92. The van der Waals surface area contributed by atoms with Crippen LogP contribution in [0.15, 0.2) is 23.0 Å². The standard InChI is InChI=1S/C10H12N2O/c13-10-3-1-2-9-8-4-7(5-11-8)6-12(9)10/h1-3,7-8,11H,4-6H2/t7-,8-/m1/s1. The Morgan fingerprint density at radius 3 is 3.31 bits per heavy atom. The van der Waals surface area contributed by atoms with Gasteiger partial charge >= 0.3 is 0 Å². The lowest BCUT2D eigenvalue weighted by Crippen LogP contribution is -2.30. The van der Waals surface area contributed by atoms with Crippen molar-refractivity contribution in [3.8, 4) is 0 Å². The largest absolute Gasteiger partial charge is 0.311 e. The van der Waals surface area contributed by atoms with Crippen LogP contribution < -0.4 is 10.9 Å². The van der Waals surface area contributed by atoms with Gasteiger partial charge in [-0.25, -0.2) is 0 Å². The molecule has 2 bridgehead atoms. The van der Waals surface area contributed by atoms with Gasteiger partial charge in [0.05, 0.1) is 0 Å². The zero-order valence-electron chi connectivity index (χ0n) is 7.36. The third kappa shape index (κ3) is 0.968. The van der Waals surface area contributed by atoms with Gasteiger partial charge in [0.1, 0.15) is 0 Å². The molecule has 2 aliphatic rings. The summed E-state index contributed by atoms with van der Waals surface area (Å²) in [5.74, 6) is 0.664. The number of hydrogen-bond acceptors (Lipinski definition) is 2. The fourth-order valence-corrected chi connectivity index (χ4v) is 2.47. The van der Waals surface area contributed by atoms with Crippen LogP contribution in [0.2, 0.25) is 0 Å². The lowest BCUT2D eigenvalue weighted by Gasteiger charge is -2.23. The SMILES string of the molecule is O=c1cccc2n1C[C@H]1CN[C@@H]2C1. The highest BCUT2D eigenvalue weighted by Crippen LogP contribution is 2.31. The molecule has 68 valence electrons. The van der Waals surface area contributed by atoms with Gasteiger partial charge in [0.25, 0.3) is 5.56 Å². The summed E-state index contributed by atoms with van der Waals surface area (Å²) in [5, 5.41) is 3.44. The molecule has 2 atom stereocenters. The van der Waals surface area contributed by atoms with Crippen molar-refractivity contribution < 1.29 is 0 Å². The first kappa shape index (κ1) is 7.33. The predicted octanol–water partition coefficient (Wildman–Crippen LogP) is 0.512. The van der Waals surface area contributed by atoms with Gasteiger partial charge in [0.2, 0.25) is 0 Å². The van der Waals surface area contributed by atoms with E-state index in [4.69, 9.17) is 0 Å². The first-order chi connectivity index (χ1) is 6.34. The average Bonchev–Trinajstić information content (AvgIpc) is 2.51. The Labute approximate surface area is 76.4 Å². The Bertz CT molecular complexity index is 396. The molecule has 13 heavy (non-hydrogen) atoms. The predicted molar refractivity (Wildman–Crippen MR) is 49.6 cm³/mol. The van der Waals surface area contributed by atoms with Crippen molar-refractivity contribution in [3.63, 3.8) is 0 Å². The Kier molecular flexibility index (Phi) is 1.38. The summed E-state index contributed by atoms with van der Waals surface area (Å²) in [4.78, 5) is 11.5. The van der Waals surface area contributed by atoms with Crippen LogP contribution >= 0.6 is 0 Å². The molecule has 0 saturated carbocycles. The minimum atomic E-state index is 0.149. The van der Waals surface area contributed by atoms with Crippen molar-refractivity contribution in [2.45, 2.75) is 19.0 Å². The van der Waals surface area contributed by atoms with E-state index in [0.29, 0.717) is 12.0 Å². The summed E-state index contributed by atoms with van der Waals surface area (Å²) in [6.07, 6.45) is 1.20. The molecule has 0 spiro atoms. The zero-order chi connectivity index (χ0) is 8.84. The van der Waals surface area contributed by atoms with E-state index in [-0.39, 0.29) is 5.56 Å². The number of hydrogen-bond donors (Lipinski definition) is 1. The van der Waals surface area contributed by atoms with E-state index in [1.165, 1.54) is 12.1 Å². The maximum atomic E-state index is 11.5. The minimum Gasteiger partial charge on any atom is -0.311 e. The molecule has 3 rings (SSSR count). The molecule has 2 aliphatic heterocycles. The Balaban J connectivity index is 2.22. The third-order valence-corrected chi connectivity index (χ3v) is 3.10. The molecule has 1 saturated heterocycles. The Morgan fingerprint density at radius 2 is 2.38 bits per heavy atom. The third-order valence-electron chi connectivity index (χ3n) is 3.10. The van der Waals surface area contributed by atoms with E-state index >= 15 is 0 Å². The molecule has 1 fully saturated rings. The second-order valence-electron chi connectivity index (χ2n) is 3.96. The number of nitrogens with zero attached hydrogens (tertiary/aromatic N) is 1. The maximum Gasteiger partial charge on any atom is 0.250 e. The average molecular weight is 176 g/mol. The molecule has 0 aliphatic carbocycles. The number of fused-ring (bicyclic) bond motifs is 4. The van der Waals surface area contributed by atoms with E-state index in [0.717, 1.165) is 13.1 Å². The molecule has 1 aromatic rings. The normalized spacial score (nSPS) is 30.2. The highest BCUT2D eigenvalue weighted by Gasteiger charge is 2.32. The molecular formula is C10H12N2O. The minimum absolute atomic E-state index is 0.149. The van der Waals surface area contributed by atoms with Gasteiger partial charge in [-0.15, -0.1) is 0 Å². The summed E-state index contributed by atoms with van der Waals surface area (Å²) in [6.45, 7) is 1.96. The van der Waals surface area contributed by atoms with Gasteiger partial charge in [0, 0.05) is 30.9 Å². The van der Waals surface area contributed by atoms with Crippen LogP contribution in [0.1, 0.15) is 18.2 Å². The molecule has 0 aromatic carbocycles. The van der Waals surface area contributed by atoms with Crippen molar-refractivity contribution in [2.75, 3.05) is 6.54 Å². The van der Waals surface area contributed by atoms with Gasteiger partial charge in [0.15, 0.2) is 0 Å². The van der Waals surface area contributed by atoms with Crippen molar-refractivity contribution in [1.29, 1.82) is 0 Å². The molecule has 3 heteroatoms. The van der Waals surface area contributed by atoms with Crippen LogP contribution in [-0.4, -0.2) is 11.1 Å². The lowest BCUT2D eigenvalue weighted by atomic mass is 9.98. The molecule has 1 aromatic heterocycles. The van der Waals surface area contributed by atoms with Crippen molar-refractivity contribution in [1.82, 2.24) is 9.88 Å². The van der Waals surface area contributed by atoms with Gasteiger partial charge in [-0.2, -0.15) is 0 Å². The van der Waals surface area contributed by atoms with Crippen LogP contribution in [0, 0.1) is 5.92 Å². The fraction of sp³-hybridized carbons (Fsp3) is 0.500. The lowest BCUT2D eigenvalue weighted by molar-refractivity contribution is 0.405. The van der Waals surface area contributed by atoms with E-state index in [9.17, 15) is 4.79 Å². The highest BCUT2D eigenvalue weighted by molar-refractivity contribution is 5.16. The first-order valence-corrected chi connectivity index (χ1v) is 4.78. The van der Waals surface area contributed by atoms with Crippen LogP contribution in [0.25, 0.3) is 0 Å². The molecule has 0 unspecified atom stereocenters. The number of aromatic nitrogens is 1. The number of nitrogens with one attached hydrogen (secondary N) is 1. The van der Waals surface area contributed by atoms with Crippen LogP contribution in [0.5, 0.6) is 0 Å². The first-order valence-electron chi connectivity index (χ1n) is 4.78.